The molecule has 0 radical (unpaired) electrons. The predicted octanol–water partition coefficient (Wildman–Crippen LogP) is 1.25. The van der Waals surface area contributed by atoms with Gasteiger partial charge in [-0.05, 0) is 0 Å². The van der Waals surface area contributed by atoms with Gasteiger partial charge in [-0.2, -0.15) is 0 Å². The van der Waals surface area contributed by atoms with E-state index in [0.29, 0.717) is 0 Å². The summed E-state index contributed by atoms with van der Waals surface area (Å²) >= 11 is 5.37. The molecular weight excluding hydrogens is 138 g/mol. The molecule has 0 amide bonds. The Morgan fingerprint density at radius 1 is 1.44 bits per heavy atom. The van der Waals surface area contributed by atoms with E-state index in [1.165, 1.54) is 0 Å². The van der Waals surface area contributed by atoms with Crippen LogP contribution < -0.4 is 0 Å². The highest BCUT2D eigenvalue weighted by Crippen LogP contribution is 2.03. The van der Waals surface area contributed by atoms with Crippen molar-refractivity contribution >= 4 is 11.6 Å². The molecule has 0 saturated carbocycles. The zero-order chi connectivity index (χ0) is 7.49. The van der Waals surface area contributed by atoms with Gasteiger partial charge in [0.2, 0.25) is 0 Å². The van der Waals surface area contributed by atoms with Crippen molar-refractivity contribution in [1.29, 1.82) is 0 Å². The average Bonchev–Trinajstić information content (AvgIpc) is 1.64. The summed E-state index contributed by atoms with van der Waals surface area (Å²) in [5.74, 6) is 0. The van der Waals surface area contributed by atoms with Crippen LogP contribution in [0, 0.1) is 0 Å². The second kappa shape index (κ2) is 3.40. The molecule has 0 aromatic heterocycles. The molecule has 0 saturated heterocycles. The monoisotopic (exact) mass is 152 g/mol. The van der Waals surface area contributed by atoms with Crippen LogP contribution in [0.3, 0.4) is 0 Å². The van der Waals surface area contributed by atoms with E-state index >= 15 is 0 Å². The SMILES string of the molecule is CC(OCCl)[N+](C)(C)C. The number of halogens is 1. The average molecular weight is 153 g/mol. The lowest BCUT2D eigenvalue weighted by Gasteiger charge is -2.30. The van der Waals surface area contributed by atoms with E-state index in [-0.39, 0.29) is 12.3 Å². The number of nitrogens with zero attached hydrogens (tertiary/aromatic N) is 1. The fraction of sp³-hybridized carbons (Fsp3) is 1.00. The Hall–Kier alpha value is 0.210. The smallest absolute Gasteiger partial charge is 0.191 e. The van der Waals surface area contributed by atoms with Gasteiger partial charge in [0.15, 0.2) is 6.23 Å². The van der Waals surface area contributed by atoms with E-state index in [0.717, 1.165) is 4.48 Å². The molecule has 1 unspecified atom stereocenters. The van der Waals surface area contributed by atoms with Crippen LogP contribution in [0.2, 0.25) is 0 Å². The Bertz CT molecular complexity index is 79.6. The van der Waals surface area contributed by atoms with Crippen LogP contribution in [0.4, 0.5) is 0 Å². The van der Waals surface area contributed by atoms with Crippen LogP contribution in [-0.2, 0) is 4.74 Å². The summed E-state index contributed by atoms with van der Waals surface area (Å²) in [6.07, 6.45) is 0.169. The van der Waals surface area contributed by atoms with E-state index in [9.17, 15) is 0 Å². The summed E-state index contributed by atoms with van der Waals surface area (Å²) in [4.78, 5) is 0. The molecule has 1 atom stereocenters. The van der Waals surface area contributed by atoms with Crippen molar-refractivity contribution in [1.82, 2.24) is 0 Å². The van der Waals surface area contributed by atoms with Crippen molar-refractivity contribution in [3.63, 3.8) is 0 Å². The lowest BCUT2D eigenvalue weighted by molar-refractivity contribution is -0.917. The van der Waals surface area contributed by atoms with Gasteiger partial charge >= 0.3 is 0 Å². The topological polar surface area (TPSA) is 9.23 Å². The number of hydrogen-bond acceptors (Lipinski definition) is 1. The Morgan fingerprint density at radius 2 is 1.89 bits per heavy atom. The molecule has 2 nitrogen and oxygen atoms in total. The second-order valence-electron chi connectivity index (χ2n) is 2.99. The fourth-order valence-electron chi connectivity index (χ4n) is 0.315. The maximum Gasteiger partial charge on any atom is 0.191 e. The first-order chi connectivity index (χ1) is 3.98. The minimum absolute atomic E-state index is 0.169. The minimum Gasteiger partial charge on any atom is -0.314 e. The van der Waals surface area contributed by atoms with Gasteiger partial charge in [0.25, 0.3) is 0 Å². The van der Waals surface area contributed by atoms with E-state index in [1.807, 2.05) is 6.92 Å². The van der Waals surface area contributed by atoms with E-state index in [4.69, 9.17) is 16.3 Å². The highest BCUT2D eigenvalue weighted by molar-refractivity contribution is 6.17. The lowest BCUT2D eigenvalue weighted by atomic mass is 10.5. The number of rotatable bonds is 3. The summed E-state index contributed by atoms with van der Waals surface area (Å²) in [5, 5.41) is 0. The van der Waals surface area contributed by atoms with Gasteiger partial charge in [-0.3, -0.25) is 0 Å². The van der Waals surface area contributed by atoms with Crippen molar-refractivity contribution in [2.24, 2.45) is 0 Å². The molecule has 9 heavy (non-hydrogen) atoms. The summed E-state index contributed by atoms with van der Waals surface area (Å²) in [6.45, 7) is 2.00. The largest absolute Gasteiger partial charge is 0.314 e. The van der Waals surface area contributed by atoms with Crippen LogP contribution in [0.25, 0.3) is 0 Å². The van der Waals surface area contributed by atoms with Crippen LogP contribution >= 0.6 is 11.6 Å². The van der Waals surface area contributed by atoms with Crippen molar-refractivity contribution in [3.8, 4) is 0 Å². The molecule has 0 aliphatic heterocycles. The summed E-state index contributed by atoms with van der Waals surface area (Å²) < 4.78 is 5.93. The Kier molecular flexibility index (Phi) is 3.48. The quantitative estimate of drug-likeness (QED) is 0.336. The third-order valence-electron chi connectivity index (χ3n) is 1.40. The second-order valence-corrected chi connectivity index (χ2v) is 3.21. The van der Waals surface area contributed by atoms with E-state index in [2.05, 4.69) is 21.1 Å². The molecule has 0 aromatic rings. The number of hydrogen-bond donors (Lipinski definition) is 0. The Balaban J connectivity index is 3.59. The van der Waals surface area contributed by atoms with Crippen molar-refractivity contribution in [3.05, 3.63) is 0 Å². The maximum absolute atomic E-state index is 5.37. The van der Waals surface area contributed by atoms with Crippen molar-refractivity contribution in [2.45, 2.75) is 13.2 Å². The molecule has 0 spiro atoms. The zero-order valence-corrected chi connectivity index (χ0v) is 7.27. The van der Waals surface area contributed by atoms with Gasteiger partial charge in [0.05, 0.1) is 21.1 Å². The summed E-state index contributed by atoms with van der Waals surface area (Å²) in [5.41, 5.74) is 0. The van der Waals surface area contributed by atoms with Gasteiger partial charge < -0.3 is 9.22 Å². The number of alkyl halides is 1. The summed E-state index contributed by atoms with van der Waals surface area (Å²) in [7, 11) is 6.20. The van der Waals surface area contributed by atoms with Gasteiger partial charge in [0.1, 0.15) is 6.07 Å². The first-order valence-corrected chi connectivity index (χ1v) is 3.50. The van der Waals surface area contributed by atoms with E-state index in [1.54, 1.807) is 0 Å². The molecule has 0 N–H and O–H groups in total. The maximum atomic E-state index is 5.37. The minimum atomic E-state index is 0.169. The molecular formula is C6H15ClNO+. The predicted molar refractivity (Wildman–Crippen MR) is 39.3 cm³/mol. The van der Waals surface area contributed by atoms with E-state index < -0.39 is 0 Å². The molecule has 0 aliphatic rings. The standard InChI is InChI=1S/C6H15ClNO/c1-6(9-5-7)8(2,3)4/h6H,5H2,1-4H3/q+1. The zero-order valence-electron chi connectivity index (χ0n) is 6.52. The molecule has 0 fully saturated rings. The van der Waals surface area contributed by atoms with Crippen molar-refractivity contribution in [2.75, 3.05) is 27.2 Å². The third kappa shape index (κ3) is 3.73. The van der Waals surface area contributed by atoms with Crippen LogP contribution in [-0.4, -0.2) is 37.9 Å². The normalized spacial score (nSPS) is 15.7. The highest BCUT2D eigenvalue weighted by atomic mass is 35.5. The molecule has 0 aliphatic carbocycles. The molecule has 56 valence electrons. The first-order valence-electron chi connectivity index (χ1n) is 2.97. The lowest BCUT2D eigenvalue weighted by Crippen LogP contribution is -2.44. The fourth-order valence-corrected chi connectivity index (χ4v) is 0.497. The van der Waals surface area contributed by atoms with Gasteiger partial charge in [-0.25, -0.2) is 0 Å². The van der Waals surface area contributed by atoms with Crippen LogP contribution in [0.1, 0.15) is 6.92 Å². The summed E-state index contributed by atoms with van der Waals surface area (Å²) in [6, 6.07) is 0.274. The molecule has 0 aromatic carbocycles. The highest BCUT2D eigenvalue weighted by Gasteiger charge is 2.17. The molecule has 0 rings (SSSR count). The molecule has 0 bridgehead atoms. The van der Waals surface area contributed by atoms with Crippen LogP contribution in [0.15, 0.2) is 0 Å². The first kappa shape index (κ1) is 9.21. The number of quaternary nitrogens is 1. The van der Waals surface area contributed by atoms with Crippen LogP contribution in [0.5, 0.6) is 0 Å². The van der Waals surface area contributed by atoms with Gasteiger partial charge in [0, 0.05) is 6.92 Å². The number of ether oxygens (including phenoxy) is 1. The molecule has 0 heterocycles. The molecule has 3 heteroatoms. The van der Waals surface area contributed by atoms with Gasteiger partial charge in [-0.15, -0.1) is 0 Å². The third-order valence-corrected chi connectivity index (χ3v) is 1.52. The van der Waals surface area contributed by atoms with Crippen molar-refractivity contribution < 1.29 is 9.22 Å². The Labute approximate surface area is 62.0 Å². The Morgan fingerprint density at radius 3 is 2.00 bits per heavy atom. The van der Waals surface area contributed by atoms with Gasteiger partial charge in [-0.1, -0.05) is 11.6 Å².